The largest absolute Gasteiger partial charge is 0.510 e. The lowest BCUT2D eigenvalue weighted by Crippen LogP contribution is -2.33. The standard InChI is InChI=1S/C25H27FN2O2/c1-13(2)19-17-12-16(26)10-11-18(17)27-23(19)20(15-8-6-5-7-9-15)21-24(29)22(14(3)4)28-25(21)30/h5-14,20,22,27,29H,1-4H3,(H,28,30)/t20-,22-/m1/s1. The van der Waals surface area contributed by atoms with Gasteiger partial charge < -0.3 is 15.4 Å². The Kier molecular flexibility index (Phi) is 5.14. The van der Waals surface area contributed by atoms with Crippen LogP contribution < -0.4 is 5.32 Å². The quantitative estimate of drug-likeness (QED) is 0.522. The third-order valence-corrected chi connectivity index (χ3v) is 5.89. The van der Waals surface area contributed by atoms with Crippen molar-refractivity contribution < 1.29 is 14.3 Å². The highest BCUT2D eigenvalue weighted by Crippen LogP contribution is 2.42. The van der Waals surface area contributed by atoms with Crippen LogP contribution in [0.3, 0.4) is 0 Å². The van der Waals surface area contributed by atoms with Crippen molar-refractivity contribution in [1.82, 2.24) is 10.3 Å². The molecule has 1 aliphatic rings. The van der Waals surface area contributed by atoms with Gasteiger partial charge in [-0.2, -0.15) is 0 Å². The Labute approximate surface area is 175 Å². The van der Waals surface area contributed by atoms with E-state index in [0.29, 0.717) is 5.57 Å². The van der Waals surface area contributed by atoms with E-state index < -0.39 is 12.0 Å². The number of aromatic amines is 1. The average Bonchev–Trinajstić information content (AvgIpc) is 3.21. The SMILES string of the molecule is CC(C)c1c([C@@H](C2=C(O)[C@@H](C(C)C)NC2=O)c2ccccc2)[nH]c2ccc(F)cc12. The molecular weight excluding hydrogens is 379 g/mol. The molecular formula is C25H27FN2O2. The van der Waals surface area contributed by atoms with Gasteiger partial charge in [0.2, 0.25) is 0 Å². The lowest BCUT2D eigenvalue weighted by atomic mass is 9.83. The second-order valence-corrected chi connectivity index (χ2v) is 8.63. The van der Waals surface area contributed by atoms with Crippen molar-refractivity contribution in [2.45, 2.75) is 45.6 Å². The number of H-pyrrole nitrogens is 1. The summed E-state index contributed by atoms with van der Waals surface area (Å²) in [6.45, 7) is 8.04. The number of fused-ring (bicyclic) bond motifs is 1. The number of carbonyl (C=O) groups is 1. The molecule has 0 fully saturated rings. The molecule has 1 aliphatic heterocycles. The van der Waals surface area contributed by atoms with E-state index >= 15 is 0 Å². The number of carbonyl (C=O) groups excluding carboxylic acids is 1. The van der Waals surface area contributed by atoms with Crippen LogP contribution in [0.4, 0.5) is 4.39 Å². The van der Waals surface area contributed by atoms with Gasteiger partial charge in [0.25, 0.3) is 5.91 Å². The number of halogens is 1. The van der Waals surface area contributed by atoms with Crippen molar-refractivity contribution in [3.8, 4) is 0 Å². The molecule has 4 nitrogen and oxygen atoms in total. The van der Waals surface area contributed by atoms with E-state index in [9.17, 15) is 14.3 Å². The smallest absolute Gasteiger partial charge is 0.252 e. The number of aliphatic hydroxyl groups is 1. The van der Waals surface area contributed by atoms with Gasteiger partial charge in [-0.1, -0.05) is 58.0 Å². The third kappa shape index (κ3) is 3.28. The summed E-state index contributed by atoms with van der Waals surface area (Å²) in [7, 11) is 0. The van der Waals surface area contributed by atoms with Gasteiger partial charge >= 0.3 is 0 Å². The summed E-state index contributed by atoms with van der Waals surface area (Å²) in [5.74, 6) is -0.809. The molecule has 3 N–H and O–H groups in total. The highest BCUT2D eigenvalue weighted by molar-refractivity contribution is 6.00. The molecule has 0 radical (unpaired) electrons. The zero-order chi connectivity index (χ0) is 21.6. The zero-order valence-corrected chi connectivity index (χ0v) is 17.7. The molecule has 5 heteroatoms. The summed E-state index contributed by atoms with van der Waals surface area (Å²) in [6.07, 6.45) is 0. The van der Waals surface area contributed by atoms with E-state index in [-0.39, 0.29) is 29.3 Å². The minimum Gasteiger partial charge on any atom is -0.510 e. The topological polar surface area (TPSA) is 65.1 Å². The van der Waals surface area contributed by atoms with Gasteiger partial charge in [-0.3, -0.25) is 4.79 Å². The molecule has 2 heterocycles. The van der Waals surface area contributed by atoms with E-state index in [2.05, 4.69) is 24.1 Å². The van der Waals surface area contributed by atoms with Crippen molar-refractivity contribution >= 4 is 16.8 Å². The summed E-state index contributed by atoms with van der Waals surface area (Å²) in [5.41, 5.74) is 3.84. The van der Waals surface area contributed by atoms with Gasteiger partial charge in [0, 0.05) is 16.6 Å². The Hall–Kier alpha value is -3.08. The minimum absolute atomic E-state index is 0.0595. The van der Waals surface area contributed by atoms with Crippen LogP contribution >= 0.6 is 0 Å². The maximum Gasteiger partial charge on any atom is 0.252 e. The van der Waals surface area contributed by atoms with Crippen LogP contribution in [0.5, 0.6) is 0 Å². The second-order valence-electron chi connectivity index (χ2n) is 8.63. The van der Waals surface area contributed by atoms with Crippen LogP contribution in [0.15, 0.2) is 59.9 Å². The van der Waals surface area contributed by atoms with E-state index in [1.807, 2.05) is 44.2 Å². The molecule has 4 rings (SSSR count). The lowest BCUT2D eigenvalue weighted by Gasteiger charge is -2.21. The molecule has 1 aromatic heterocycles. The second kappa shape index (κ2) is 7.63. The molecule has 2 atom stereocenters. The molecule has 2 aromatic carbocycles. The van der Waals surface area contributed by atoms with Crippen LogP contribution in [0.25, 0.3) is 10.9 Å². The van der Waals surface area contributed by atoms with Crippen molar-refractivity contribution in [3.05, 3.63) is 82.5 Å². The summed E-state index contributed by atoms with van der Waals surface area (Å²) >= 11 is 0. The predicted molar refractivity (Wildman–Crippen MR) is 117 cm³/mol. The van der Waals surface area contributed by atoms with E-state index in [0.717, 1.165) is 27.7 Å². The fraction of sp³-hybridized carbons (Fsp3) is 0.320. The number of aliphatic hydroxyl groups excluding tert-OH is 1. The van der Waals surface area contributed by atoms with Crippen LogP contribution in [-0.4, -0.2) is 22.0 Å². The monoisotopic (exact) mass is 406 g/mol. The van der Waals surface area contributed by atoms with E-state index in [1.54, 1.807) is 6.07 Å². The van der Waals surface area contributed by atoms with Crippen molar-refractivity contribution in [2.24, 2.45) is 5.92 Å². The van der Waals surface area contributed by atoms with Crippen LogP contribution in [0.1, 0.15) is 56.4 Å². The van der Waals surface area contributed by atoms with Crippen molar-refractivity contribution in [2.75, 3.05) is 0 Å². The number of hydrogen-bond acceptors (Lipinski definition) is 2. The maximum absolute atomic E-state index is 14.1. The van der Waals surface area contributed by atoms with Crippen LogP contribution in [0.2, 0.25) is 0 Å². The fourth-order valence-electron chi connectivity index (χ4n) is 4.51. The van der Waals surface area contributed by atoms with Crippen molar-refractivity contribution in [1.29, 1.82) is 0 Å². The Balaban J connectivity index is 2.02. The number of hydrogen-bond donors (Lipinski definition) is 3. The van der Waals surface area contributed by atoms with Gasteiger partial charge in [-0.05, 0) is 41.2 Å². The average molecular weight is 407 g/mol. The molecule has 30 heavy (non-hydrogen) atoms. The number of amides is 1. The number of aromatic nitrogens is 1. The number of benzene rings is 2. The molecule has 156 valence electrons. The van der Waals surface area contributed by atoms with E-state index in [1.165, 1.54) is 12.1 Å². The van der Waals surface area contributed by atoms with Gasteiger partial charge in [-0.25, -0.2) is 4.39 Å². The number of rotatable bonds is 5. The Morgan fingerprint density at radius 3 is 2.33 bits per heavy atom. The first kappa shape index (κ1) is 20.2. The molecule has 0 saturated carbocycles. The normalized spacial score (nSPS) is 18.0. The summed E-state index contributed by atoms with van der Waals surface area (Å²) < 4.78 is 14.1. The Bertz CT molecular complexity index is 1130. The predicted octanol–water partition coefficient (Wildman–Crippen LogP) is 5.53. The first-order chi connectivity index (χ1) is 14.3. The molecule has 0 aliphatic carbocycles. The van der Waals surface area contributed by atoms with Crippen molar-refractivity contribution in [3.63, 3.8) is 0 Å². The van der Waals surface area contributed by atoms with Gasteiger partial charge in [0.1, 0.15) is 11.6 Å². The first-order valence-corrected chi connectivity index (χ1v) is 10.4. The molecule has 1 amide bonds. The molecule has 0 unspecified atom stereocenters. The summed E-state index contributed by atoms with van der Waals surface area (Å²) in [4.78, 5) is 16.5. The summed E-state index contributed by atoms with van der Waals surface area (Å²) in [5, 5.41) is 14.8. The molecule has 0 spiro atoms. The Morgan fingerprint density at radius 2 is 1.73 bits per heavy atom. The summed E-state index contributed by atoms with van der Waals surface area (Å²) in [6, 6.07) is 13.9. The number of nitrogens with one attached hydrogen (secondary N) is 2. The fourth-order valence-corrected chi connectivity index (χ4v) is 4.51. The first-order valence-electron chi connectivity index (χ1n) is 10.4. The Morgan fingerprint density at radius 1 is 1.03 bits per heavy atom. The maximum atomic E-state index is 14.1. The minimum atomic E-state index is -0.484. The van der Waals surface area contributed by atoms with Gasteiger partial charge in [0.15, 0.2) is 0 Å². The molecule has 0 saturated heterocycles. The van der Waals surface area contributed by atoms with Crippen LogP contribution in [-0.2, 0) is 4.79 Å². The van der Waals surface area contributed by atoms with E-state index in [4.69, 9.17) is 0 Å². The van der Waals surface area contributed by atoms with Gasteiger partial charge in [-0.15, -0.1) is 0 Å². The lowest BCUT2D eigenvalue weighted by molar-refractivity contribution is -0.117. The highest BCUT2D eigenvalue weighted by Gasteiger charge is 2.40. The van der Waals surface area contributed by atoms with Gasteiger partial charge in [0.05, 0.1) is 17.5 Å². The van der Waals surface area contributed by atoms with Crippen LogP contribution in [0, 0.1) is 11.7 Å². The third-order valence-electron chi connectivity index (χ3n) is 5.89. The zero-order valence-electron chi connectivity index (χ0n) is 17.7. The molecule has 0 bridgehead atoms. The molecule has 3 aromatic rings. The highest BCUT2D eigenvalue weighted by atomic mass is 19.1.